The fraction of sp³-hybridized carbons (Fsp3) is 0.500. The number of piperidine rings is 1. The molecule has 1 amide bonds. The molecule has 1 aliphatic heterocycles. The SMILES string of the molecule is C[C@H]1C[C@H](C)CN(C(=O)c2cccc([N+](=O)[O-])c2)C1. The second kappa shape index (κ2) is 5.38. The van der Waals surface area contributed by atoms with Crippen molar-refractivity contribution in [1.82, 2.24) is 4.90 Å². The Morgan fingerprint density at radius 2 is 1.95 bits per heavy atom. The zero-order chi connectivity index (χ0) is 14.0. The van der Waals surface area contributed by atoms with Crippen molar-refractivity contribution in [3.05, 3.63) is 39.9 Å². The Morgan fingerprint density at radius 1 is 1.32 bits per heavy atom. The maximum atomic E-state index is 12.4. The zero-order valence-electron chi connectivity index (χ0n) is 11.2. The van der Waals surface area contributed by atoms with Crippen LogP contribution in [0.1, 0.15) is 30.6 Å². The maximum absolute atomic E-state index is 12.4. The van der Waals surface area contributed by atoms with Crippen LogP contribution in [-0.2, 0) is 0 Å². The van der Waals surface area contributed by atoms with Gasteiger partial charge in [0.25, 0.3) is 11.6 Å². The standard InChI is InChI=1S/C14H18N2O3/c1-10-6-11(2)9-15(8-10)14(17)12-4-3-5-13(7-12)16(18)19/h3-5,7,10-11H,6,8-9H2,1-2H3/t10-,11-/m0/s1. The summed E-state index contributed by atoms with van der Waals surface area (Å²) in [6.45, 7) is 5.71. The van der Waals surface area contributed by atoms with E-state index in [1.54, 1.807) is 17.0 Å². The molecule has 0 radical (unpaired) electrons. The molecule has 102 valence electrons. The molecule has 1 saturated heterocycles. The minimum absolute atomic E-state index is 0.0380. The molecular weight excluding hydrogens is 244 g/mol. The van der Waals surface area contributed by atoms with Crippen LogP contribution in [0.4, 0.5) is 5.69 Å². The molecule has 0 bridgehead atoms. The van der Waals surface area contributed by atoms with Crippen molar-refractivity contribution >= 4 is 11.6 Å². The lowest BCUT2D eigenvalue weighted by Crippen LogP contribution is -2.42. The van der Waals surface area contributed by atoms with Gasteiger partial charge in [-0.15, -0.1) is 0 Å². The Balaban J connectivity index is 2.19. The summed E-state index contributed by atoms with van der Waals surface area (Å²) >= 11 is 0. The molecule has 0 aromatic heterocycles. The summed E-state index contributed by atoms with van der Waals surface area (Å²) in [6.07, 6.45) is 1.12. The molecule has 1 aromatic carbocycles. The van der Waals surface area contributed by atoms with Gasteiger partial charge in [-0.2, -0.15) is 0 Å². The van der Waals surface area contributed by atoms with E-state index >= 15 is 0 Å². The molecule has 1 aliphatic rings. The summed E-state index contributed by atoms with van der Waals surface area (Å²) < 4.78 is 0. The van der Waals surface area contributed by atoms with Crippen LogP contribution in [-0.4, -0.2) is 28.8 Å². The molecule has 1 fully saturated rings. The highest BCUT2D eigenvalue weighted by molar-refractivity contribution is 5.94. The van der Waals surface area contributed by atoms with Gasteiger partial charge in [-0.1, -0.05) is 19.9 Å². The number of amides is 1. The van der Waals surface area contributed by atoms with Gasteiger partial charge in [0, 0.05) is 30.8 Å². The Labute approximate surface area is 112 Å². The van der Waals surface area contributed by atoms with Crippen LogP contribution in [0.3, 0.4) is 0 Å². The molecule has 0 aliphatic carbocycles. The first-order valence-corrected chi connectivity index (χ1v) is 6.51. The Hall–Kier alpha value is -1.91. The van der Waals surface area contributed by atoms with Crippen molar-refractivity contribution in [2.45, 2.75) is 20.3 Å². The van der Waals surface area contributed by atoms with E-state index in [1.165, 1.54) is 12.1 Å². The lowest BCUT2D eigenvalue weighted by atomic mass is 9.91. The van der Waals surface area contributed by atoms with E-state index in [2.05, 4.69) is 13.8 Å². The number of nitro benzene ring substituents is 1. The summed E-state index contributed by atoms with van der Waals surface area (Å²) in [6, 6.07) is 5.95. The van der Waals surface area contributed by atoms with Crippen LogP contribution >= 0.6 is 0 Å². The molecule has 5 heteroatoms. The van der Waals surface area contributed by atoms with E-state index in [0.717, 1.165) is 19.5 Å². The number of nitrogens with zero attached hydrogens (tertiary/aromatic N) is 2. The van der Waals surface area contributed by atoms with Gasteiger partial charge in [0.2, 0.25) is 0 Å². The first-order chi connectivity index (χ1) is 8.97. The number of rotatable bonds is 2. The third-order valence-electron chi connectivity index (χ3n) is 3.46. The minimum atomic E-state index is -0.474. The first kappa shape index (κ1) is 13.5. The van der Waals surface area contributed by atoms with E-state index in [9.17, 15) is 14.9 Å². The molecule has 5 nitrogen and oxygen atoms in total. The molecule has 1 aromatic rings. The fourth-order valence-corrected chi connectivity index (χ4v) is 2.76. The van der Waals surface area contributed by atoms with Crippen LogP contribution in [0, 0.1) is 22.0 Å². The third-order valence-corrected chi connectivity index (χ3v) is 3.46. The zero-order valence-corrected chi connectivity index (χ0v) is 11.2. The smallest absolute Gasteiger partial charge is 0.270 e. The molecule has 1 heterocycles. The number of nitro groups is 1. The van der Waals surface area contributed by atoms with Crippen molar-refractivity contribution < 1.29 is 9.72 Å². The summed E-state index contributed by atoms with van der Waals surface area (Å²) in [4.78, 5) is 24.4. The van der Waals surface area contributed by atoms with Gasteiger partial charge in [0.1, 0.15) is 0 Å². The monoisotopic (exact) mass is 262 g/mol. The Bertz CT molecular complexity index is 491. The molecule has 0 unspecified atom stereocenters. The van der Waals surface area contributed by atoms with E-state index in [0.29, 0.717) is 17.4 Å². The lowest BCUT2D eigenvalue weighted by molar-refractivity contribution is -0.384. The number of benzene rings is 1. The Morgan fingerprint density at radius 3 is 2.53 bits per heavy atom. The average Bonchev–Trinajstić information content (AvgIpc) is 2.37. The van der Waals surface area contributed by atoms with E-state index in [1.807, 2.05) is 0 Å². The maximum Gasteiger partial charge on any atom is 0.270 e. The number of carbonyl (C=O) groups excluding carboxylic acids is 1. The van der Waals surface area contributed by atoms with Gasteiger partial charge in [-0.05, 0) is 24.3 Å². The molecule has 19 heavy (non-hydrogen) atoms. The van der Waals surface area contributed by atoms with Gasteiger partial charge in [-0.25, -0.2) is 0 Å². The van der Waals surface area contributed by atoms with Gasteiger partial charge in [0.15, 0.2) is 0 Å². The van der Waals surface area contributed by atoms with Crippen molar-refractivity contribution in [1.29, 1.82) is 0 Å². The predicted molar refractivity (Wildman–Crippen MR) is 71.9 cm³/mol. The predicted octanol–water partition coefficient (Wildman–Crippen LogP) is 2.71. The quantitative estimate of drug-likeness (QED) is 0.608. The molecule has 2 rings (SSSR count). The van der Waals surface area contributed by atoms with Gasteiger partial charge < -0.3 is 4.90 Å². The molecule has 0 spiro atoms. The van der Waals surface area contributed by atoms with Crippen molar-refractivity contribution in [2.24, 2.45) is 11.8 Å². The molecule has 0 N–H and O–H groups in total. The van der Waals surface area contributed by atoms with Crippen LogP contribution < -0.4 is 0 Å². The van der Waals surface area contributed by atoms with Gasteiger partial charge in [-0.3, -0.25) is 14.9 Å². The summed E-state index contributed by atoms with van der Waals surface area (Å²) in [5, 5.41) is 10.7. The Kier molecular flexibility index (Phi) is 3.83. The highest BCUT2D eigenvalue weighted by Gasteiger charge is 2.26. The van der Waals surface area contributed by atoms with E-state index in [4.69, 9.17) is 0 Å². The summed E-state index contributed by atoms with van der Waals surface area (Å²) in [7, 11) is 0. The van der Waals surface area contributed by atoms with Crippen molar-refractivity contribution in [3.8, 4) is 0 Å². The third kappa shape index (κ3) is 3.10. The number of non-ortho nitro benzene ring substituents is 1. The van der Waals surface area contributed by atoms with E-state index in [-0.39, 0.29) is 11.6 Å². The van der Waals surface area contributed by atoms with Gasteiger partial charge in [0.05, 0.1) is 4.92 Å². The first-order valence-electron chi connectivity index (χ1n) is 6.51. The number of carbonyl (C=O) groups is 1. The van der Waals surface area contributed by atoms with Crippen molar-refractivity contribution in [2.75, 3.05) is 13.1 Å². The van der Waals surface area contributed by atoms with Crippen LogP contribution in [0.5, 0.6) is 0 Å². The summed E-state index contributed by atoms with van der Waals surface area (Å²) in [5.74, 6) is 0.847. The average molecular weight is 262 g/mol. The topological polar surface area (TPSA) is 63.5 Å². The highest BCUT2D eigenvalue weighted by atomic mass is 16.6. The molecular formula is C14H18N2O3. The summed E-state index contributed by atoms with van der Waals surface area (Å²) in [5.41, 5.74) is 0.361. The number of likely N-dealkylation sites (tertiary alicyclic amines) is 1. The lowest BCUT2D eigenvalue weighted by Gasteiger charge is -2.35. The second-order valence-corrected chi connectivity index (χ2v) is 5.46. The fourth-order valence-electron chi connectivity index (χ4n) is 2.76. The van der Waals surface area contributed by atoms with Gasteiger partial charge >= 0.3 is 0 Å². The normalized spacial score (nSPS) is 23.2. The largest absolute Gasteiger partial charge is 0.338 e. The minimum Gasteiger partial charge on any atom is -0.338 e. The van der Waals surface area contributed by atoms with E-state index < -0.39 is 4.92 Å². The van der Waals surface area contributed by atoms with Crippen LogP contribution in [0.2, 0.25) is 0 Å². The number of hydrogen-bond donors (Lipinski definition) is 0. The second-order valence-electron chi connectivity index (χ2n) is 5.46. The van der Waals surface area contributed by atoms with Crippen LogP contribution in [0.15, 0.2) is 24.3 Å². The highest BCUT2D eigenvalue weighted by Crippen LogP contribution is 2.23. The van der Waals surface area contributed by atoms with Crippen molar-refractivity contribution in [3.63, 3.8) is 0 Å². The van der Waals surface area contributed by atoms with Crippen LogP contribution in [0.25, 0.3) is 0 Å². The molecule has 0 saturated carbocycles. The molecule has 2 atom stereocenters. The number of hydrogen-bond acceptors (Lipinski definition) is 3.